The molecule has 2 aromatic rings. The maximum Gasteiger partial charge on any atom is 0.421 e. The van der Waals surface area contributed by atoms with Gasteiger partial charge in [0.15, 0.2) is 0 Å². The van der Waals surface area contributed by atoms with Gasteiger partial charge in [0, 0.05) is 42.8 Å². The molecule has 0 aromatic carbocycles. The normalized spacial score (nSPS) is 15.4. The van der Waals surface area contributed by atoms with Crippen molar-refractivity contribution < 1.29 is 40.7 Å². The van der Waals surface area contributed by atoms with Crippen LogP contribution in [0.4, 0.5) is 32.3 Å². The zero-order valence-corrected chi connectivity index (χ0v) is 18.6. The second-order valence-corrected chi connectivity index (χ2v) is 7.46. The summed E-state index contributed by atoms with van der Waals surface area (Å²) in [6, 6.07) is 0.855. The summed E-state index contributed by atoms with van der Waals surface area (Å²) in [5, 5.41) is 0. The highest BCUT2D eigenvalue weighted by atomic mass is 19.4. The van der Waals surface area contributed by atoms with Gasteiger partial charge in [0.2, 0.25) is 11.8 Å². The second kappa shape index (κ2) is 10.5. The zero-order chi connectivity index (χ0) is 25.8. The average Bonchev–Trinajstić information content (AvgIpc) is 2.83. The van der Waals surface area contributed by atoms with Gasteiger partial charge in [-0.05, 0) is 18.9 Å². The Morgan fingerprint density at radius 2 is 1.80 bits per heavy atom. The number of amides is 1. The van der Waals surface area contributed by atoms with Crippen LogP contribution in [0.15, 0.2) is 36.3 Å². The van der Waals surface area contributed by atoms with Crippen molar-refractivity contribution >= 4 is 11.9 Å². The number of hydrogen-bond acceptors (Lipinski definition) is 7. The number of anilines is 1. The Hall–Kier alpha value is -3.42. The van der Waals surface area contributed by atoms with Gasteiger partial charge in [-0.3, -0.25) is 9.63 Å². The van der Waals surface area contributed by atoms with Crippen LogP contribution in [0.3, 0.4) is 0 Å². The largest absolute Gasteiger partial charge is 0.481 e. The van der Waals surface area contributed by atoms with Crippen molar-refractivity contribution in [3.63, 3.8) is 0 Å². The monoisotopic (exact) mass is 505 g/mol. The summed E-state index contributed by atoms with van der Waals surface area (Å²) in [5.74, 6) is -1.08. The van der Waals surface area contributed by atoms with E-state index in [0.717, 1.165) is 13.2 Å². The molecule has 1 N–H and O–H groups in total. The van der Waals surface area contributed by atoms with Crippen molar-refractivity contribution in [2.75, 3.05) is 25.1 Å². The number of pyridine rings is 1. The van der Waals surface area contributed by atoms with E-state index in [0.29, 0.717) is 18.0 Å². The third-order valence-electron chi connectivity index (χ3n) is 5.16. The quantitative estimate of drug-likeness (QED) is 0.445. The number of hydrogen-bond donors (Lipinski definition) is 1. The molecule has 1 amide bonds. The first-order valence-corrected chi connectivity index (χ1v) is 10.3. The molecule has 14 heteroatoms. The van der Waals surface area contributed by atoms with Crippen LogP contribution in [0.2, 0.25) is 0 Å². The lowest BCUT2D eigenvalue weighted by Crippen LogP contribution is -2.35. The smallest absolute Gasteiger partial charge is 0.421 e. The maximum atomic E-state index is 13.3. The minimum atomic E-state index is -4.69. The van der Waals surface area contributed by atoms with Gasteiger partial charge in [-0.1, -0.05) is 13.0 Å². The molecule has 190 valence electrons. The highest BCUT2D eigenvalue weighted by molar-refractivity contribution is 5.93. The lowest BCUT2D eigenvalue weighted by molar-refractivity contribution is -0.140. The van der Waals surface area contributed by atoms with Crippen LogP contribution in [0.1, 0.15) is 42.6 Å². The molecule has 1 atom stereocenters. The van der Waals surface area contributed by atoms with Gasteiger partial charge in [0.05, 0.1) is 12.7 Å². The van der Waals surface area contributed by atoms with Crippen LogP contribution >= 0.6 is 0 Å². The molecule has 8 nitrogen and oxygen atoms in total. The predicted octanol–water partition coefficient (Wildman–Crippen LogP) is 4.25. The molecule has 1 aliphatic heterocycles. The number of halogens is 6. The van der Waals surface area contributed by atoms with Gasteiger partial charge in [-0.2, -0.15) is 26.3 Å². The predicted molar refractivity (Wildman–Crippen MR) is 110 cm³/mol. The first kappa shape index (κ1) is 26.2. The Labute approximate surface area is 195 Å². The first-order valence-electron chi connectivity index (χ1n) is 10.3. The number of ether oxygens (including phenoxy) is 1. The van der Waals surface area contributed by atoms with Crippen LogP contribution in [-0.4, -0.2) is 41.1 Å². The van der Waals surface area contributed by atoms with E-state index >= 15 is 0 Å². The standard InChI is InChI=1S/C21H21F6N5O3/c1-3-16(13-8-15(21(25,26)27)18(34-2)28-9-13)35-31-17(33)12-4-6-32(7-5-12)19-29-10-14(11-30-19)20(22,23)24/h4,8-11,16H,3,5-7H2,1-2H3,(H,31,33). The van der Waals surface area contributed by atoms with E-state index in [4.69, 9.17) is 4.84 Å². The van der Waals surface area contributed by atoms with E-state index in [-0.39, 0.29) is 37.4 Å². The first-order chi connectivity index (χ1) is 16.4. The topological polar surface area (TPSA) is 89.5 Å². The van der Waals surface area contributed by atoms with Crippen LogP contribution in [0, 0.1) is 0 Å². The molecule has 1 unspecified atom stereocenters. The van der Waals surface area contributed by atoms with Gasteiger partial charge < -0.3 is 9.64 Å². The molecule has 0 saturated heterocycles. The van der Waals surface area contributed by atoms with Crippen molar-refractivity contribution in [1.82, 2.24) is 20.4 Å². The average molecular weight is 505 g/mol. The van der Waals surface area contributed by atoms with E-state index in [2.05, 4.69) is 25.2 Å². The molecule has 0 bridgehead atoms. The van der Waals surface area contributed by atoms with E-state index < -0.39 is 41.4 Å². The minimum absolute atomic E-state index is 0.0866. The fraction of sp³-hybridized carbons (Fsp3) is 0.429. The molecule has 0 fully saturated rings. The minimum Gasteiger partial charge on any atom is -0.481 e. The molecular formula is C21H21F6N5O3. The Balaban J connectivity index is 1.62. The summed E-state index contributed by atoms with van der Waals surface area (Å²) in [5.41, 5.74) is 0.656. The Morgan fingerprint density at radius 1 is 1.11 bits per heavy atom. The fourth-order valence-corrected chi connectivity index (χ4v) is 3.28. The lowest BCUT2D eigenvalue weighted by Gasteiger charge is -2.26. The number of carbonyl (C=O) groups is 1. The van der Waals surface area contributed by atoms with Crippen LogP contribution < -0.4 is 15.1 Å². The SMILES string of the molecule is CCC(ONC(=O)C1=CCN(c2ncc(C(F)(F)F)cn2)CC1)c1cnc(OC)c(C(F)(F)F)c1. The second-order valence-electron chi connectivity index (χ2n) is 7.46. The molecular weight excluding hydrogens is 484 g/mol. The van der Waals surface area contributed by atoms with Gasteiger partial charge in [0.1, 0.15) is 11.7 Å². The number of aromatic nitrogens is 3. The maximum absolute atomic E-state index is 13.3. The van der Waals surface area contributed by atoms with Crippen LogP contribution in [-0.2, 0) is 22.0 Å². The van der Waals surface area contributed by atoms with E-state index in [1.54, 1.807) is 17.9 Å². The number of hydroxylamine groups is 1. The molecule has 0 aliphatic carbocycles. The zero-order valence-electron chi connectivity index (χ0n) is 18.6. The molecule has 2 aromatic heterocycles. The van der Waals surface area contributed by atoms with Crippen LogP contribution in [0.25, 0.3) is 0 Å². The number of rotatable bonds is 7. The lowest BCUT2D eigenvalue weighted by atomic mass is 10.1. The van der Waals surface area contributed by atoms with E-state index in [1.807, 2.05) is 0 Å². The summed E-state index contributed by atoms with van der Waals surface area (Å²) in [6.45, 7) is 2.10. The van der Waals surface area contributed by atoms with Crippen molar-refractivity contribution in [2.24, 2.45) is 0 Å². The third kappa shape index (κ3) is 6.38. The van der Waals surface area contributed by atoms with Crippen molar-refractivity contribution in [3.05, 3.63) is 53.0 Å². The number of carbonyl (C=O) groups excluding carboxylic acids is 1. The molecule has 3 rings (SSSR count). The molecule has 0 spiro atoms. The molecule has 1 aliphatic rings. The highest BCUT2D eigenvalue weighted by Crippen LogP contribution is 2.37. The summed E-state index contributed by atoms with van der Waals surface area (Å²) in [7, 11) is 1.08. The summed E-state index contributed by atoms with van der Waals surface area (Å²) >= 11 is 0. The van der Waals surface area contributed by atoms with Crippen LogP contribution in [0.5, 0.6) is 5.88 Å². The number of alkyl halides is 6. The Morgan fingerprint density at radius 3 is 2.31 bits per heavy atom. The van der Waals surface area contributed by atoms with E-state index in [9.17, 15) is 31.1 Å². The molecule has 3 heterocycles. The number of nitrogens with one attached hydrogen (secondary N) is 1. The van der Waals surface area contributed by atoms with Crippen molar-refractivity contribution in [3.8, 4) is 5.88 Å². The molecule has 35 heavy (non-hydrogen) atoms. The van der Waals surface area contributed by atoms with Crippen molar-refractivity contribution in [1.29, 1.82) is 0 Å². The molecule has 0 radical (unpaired) electrons. The summed E-state index contributed by atoms with van der Waals surface area (Å²) in [4.78, 5) is 30.6. The highest BCUT2D eigenvalue weighted by Gasteiger charge is 2.36. The molecule has 0 saturated carbocycles. The van der Waals surface area contributed by atoms with Gasteiger partial charge >= 0.3 is 12.4 Å². The number of methoxy groups -OCH3 is 1. The summed E-state index contributed by atoms with van der Waals surface area (Å²) in [6.07, 6.45) is -5.58. The Kier molecular flexibility index (Phi) is 7.83. The van der Waals surface area contributed by atoms with Crippen molar-refractivity contribution in [2.45, 2.75) is 38.2 Å². The Bertz CT molecular complexity index is 1070. The van der Waals surface area contributed by atoms with Gasteiger partial charge in [-0.15, -0.1) is 0 Å². The third-order valence-corrected chi connectivity index (χ3v) is 5.16. The van der Waals surface area contributed by atoms with Gasteiger partial charge in [0.25, 0.3) is 5.91 Å². The van der Waals surface area contributed by atoms with Gasteiger partial charge in [-0.25, -0.2) is 20.4 Å². The van der Waals surface area contributed by atoms with E-state index in [1.165, 1.54) is 6.20 Å². The summed E-state index contributed by atoms with van der Waals surface area (Å²) < 4.78 is 82.4. The fourth-order valence-electron chi connectivity index (χ4n) is 3.28. The number of nitrogens with zero attached hydrogens (tertiary/aromatic N) is 4.